The van der Waals surface area contributed by atoms with Gasteiger partial charge in [-0.05, 0) is 61.9 Å². The first-order valence-corrected chi connectivity index (χ1v) is 13.6. The van der Waals surface area contributed by atoms with Gasteiger partial charge in [0.2, 0.25) is 0 Å². The van der Waals surface area contributed by atoms with Crippen LogP contribution < -0.4 is 15.5 Å². The SMILES string of the molecule is CCN1C(=O)[C@@H](NC(=O)c2cccc(C(F)(F)F)c2)[C@@H](c2ccc(F)cc2)c2c(NC(=O)C(C)F)nn(-c3ccccc3)c21. The van der Waals surface area contributed by atoms with E-state index in [9.17, 15) is 36.3 Å². The van der Waals surface area contributed by atoms with Crippen LogP contribution in [0.2, 0.25) is 0 Å². The van der Waals surface area contributed by atoms with E-state index < -0.39 is 53.4 Å². The summed E-state index contributed by atoms with van der Waals surface area (Å²) in [6, 6.07) is 15.9. The van der Waals surface area contributed by atoms with Crippen LogP contribution in [-0.2, 0) is 15.8 Å². The third-order valence-corrected chi connectivity index (χ3v) is 7.22. The van der Waals surface area contributed by atoms with E-state index in [4.69, 9.17) is 0 Å². The number of halogens is 5. The Hall–Kier alpha value is -5.07. The van der Waals surface area contributed by atoms with Gasteiger partial charge in [0.15, 0.2) is 12.0 Å². The number of likely N-dealkylation sites (N-methyl/N-ethyl adjacent to an activating group) is 1. The fourth-order valence-corrected chi connectivity index (χ4v) is 5.15. The lowest BCUT2D eigenvalue weighted by molar-refractivity contribution is -0.137. The summed E-state index contributed by atoms with van der Waals surface area (Å²) < 4.78 is 69.6. The molecule has 1 aromatic heterocycles. The molecule has 13 heteroatoms. The van der Waals surface area contributed by atoms with Gasteiger partial charge >= 0.3 is 6.18 Å². The van der Waals surface area contributed by atoms with E-state index >= 15 is 0 Å². The predicted molar refractivity (Wildman–Crippen MR) is 152 cm³/mol. The first-order chi connectivity index (χ1) is 20.9. The minimum absolute atomic E-state index is 0.0589. The Morgan fingerprint density at radius 1 is 1.00 bits per heavy atom. The van der Waals surface area contributed by atoms with Crippen LogP contribution in [0.1, 0.15) is 46.8 Å². The van der Waals surface area contributed by atoms with Crippen molar-refractivity contribution in [2.45, 2.75) is 38.2 Å². The standard InChI is InChI=1S/C31H26F5N5O3/c1-3-40-29-24(26(38-27(42)17(2)32)39-41(29)22-10-5-4-6-11-22)23(18-12-14-21(33)15-13-18)25(30(40)44)37-28(43)19-8-7-9-20(16-19)31(34,35)36/h4-17,23,25H,3H2,1-2H3,(H,37,43)(H,38,39,42)/t17?,23-,25-/m0/s1. The number of carbonyl (C=O) groups is 3. The minimum atomic E-state index is -4.71. The quantitative estimate of drug-likeness (QED) is 0.265. The first kappa shape index (κ1) is 30.4. The van der Waals surface area contributed by atoms with Crippen LogP contribution >= 0.6 is 0 Å². The zero-order chi connectivity index (χ0) is 31.8. The highest BCUT2D eigenvalue weighted by Crippen LogP contribution is 2.45. The number of nitrogens with one attached hydrogen (secondary N) is 2. The van der Waals surface area contributed by atoms with E-state index in [-0.39, 0.29) is 29.3 Å². The fourth-order valence-electron chi connectivity index (χ4n) is 5.15. The molecule has 0 bridgehead atoms. The monoisotopic (exact) mass is 611 g/mol. The topological polar surface area (TPSA) is 96.3 Å². The molecule has 1 unspecified atom stereocenters. The molecule has 228 valence electrons. The van der Waals surface area contributed by atoms with Crippen molar-refractivity contribution in [1.29, 1.82) is 0 Å². The van der Waals surface area contributed by atoms with Gasteiger partial charge in [0.05, 0.1) is 11.3 Å². The van der Waals surface area contributed by atoms with Crippen molar-refractivity contribution < 1.29 is 36.3 Å². The molecular weight excluding hydrogens is 585 g/mol. The number of benzene rings is 3. The summed E-state index contributed by atoms with van der Waals surface area (Å²) >= 11 is 0. The molecular formula is C31H26F5N5O3. The lowest BCUT2D eigenvalue weighted by atomic mass is 9.81. The van der Waals surface area contributed by atoms with Crippen LogP contribution in [0, 0.1) is 5.82 Å². The van der Waals surface area contributed by atoms with Gasteiger partial charge in [0.25, 0.3) is 17.7 Å². The number of amides is 3. The van der Waals surface area contributed by atoms with Crippen LogP contribution in [-0.4, -0.2) is 46.3 Å². The second kappa shape index (κ2) is 11.9. The molecule has 0 saturated carbocycles. The summed E-state index contributed by atoms with van der Waals surface area (Å²) in [4.78, 5) is 41.4. The van der Waals surface area contributed by atoms with Crippen molar-refractivity contribution in [3.63, 3.8) is 0 Å². The zero-order valence-electron chi connectivity index (χ0n) is 23.4. The summed E-state index contributed by atoms with van der Waals surface area (Å²) in [7, 11) is 0. The molecule has 5 rings (SSSR count). The Balaban J connectivity index is 1.72. The van der Waals surface area contributed by atoms with Crippen molar-refractivity contribution in [1.82, 2.24) is 15.1 Å². The summed E-state index contributed by atoms with van der Waals surface area (Å²) in [5.41, 5.74) is -0.373. The molecule has 3 aromatic carbocycles. The Kier molecular flexibility index (Phi) is 8.22. The predicted octanol–water partition coefficient (Wildman–Crippen LogP) is 5.62. The smallest absolute Gasteiger partial charge is 0.339 e. The maximum atomic E-state index is 14.2. The number of fused-ring (bicyclic) bond motifs is 1. The molecule has 2 N–H and O–H groups in total. The van der Waals surface area contributed by atoms with Crippen LogP contribution in [0.5, 0.6) is 0 Å². The molecule has 44 heavy (non-hydrogen) atoms. The average molecular weight is 612 g/mol. The van der Waals surface area contributed by atoms with Gasteiger partial charge in [-0.2, -0.15) is 13.2 Å². The van der Waals surface area contributed by atoms with E-state index in [1.54, 1.807) is 37.3 Å². The van der Waals surface area contributed by atoms with Gasteiger partial charge in [0, 0.05) is 23.6 Å². The molecule has 2 heterocycles. The van der Waals surface area contributed by atoms with Crippen molar-refractivity contribution >= 4 is 29.4 Å². The van der Waals surface area contributed by atoms with Crippen LogP contribution in [0.15, 0.2) is 78.9 Å². The highest BCUT2D eigenvalue weighted by atomic mass is 19.4. The third kappa shape index (κ3) is 5.77. The van der Waals surface area contributed by atoms with Crippen molar-refractivity contribution in [2.75, 3.05) is 16.8 Å². The summed E-state index contributed by atoms with van der Waals surface area (Å²) in [6.45, 7) is 2.76. The molecule has 3 atom stereocenters. The Labute approximate surface area is 248 Å². The van der Waals surface area contributed by atoms with Gasteiger partial charge in [-0.15, -0.1) is 5.10 Å². The van der Waals surface area contributed by atoms with E-state index in [1.807, 2.05) is 0 Å². The molecule has 0 saturated heterocycles. The second-order valence-electron chi connectivity index (χ2n) is 10.1. The molecule has 1 aliphatic rings. The highest BCUT2D eigenvalue weighted by Gasteiger charge is 2.46. The van der Waals surface area contributed by atoms with Gasteiger partial charge in [-0.25, -0.2) is 13.5 Å². The van der Waals surface area contributed by atoms with Crippen molar-refractivity contribution in [3.05, 3.63) is 107 Å². The lowest BCUT2D eigenvalue weighted by Crippen LogP contribution is -2.55. The molecule has 8 nitrogen and oxygen atoms in total. The lowest BCUT2D eigenvalue weighted by Gasteiger charge is -2.38. The second-order valence-corrected chi connectivity index (χ2v) is 10.1. The number of rotatable bonds is 7. The number of carbonyl (C=O) groups excluding carboxylic acids is 3. The van der Waals surface area contributed by atoms with E-state index in [1.165, 1.54) is 27.8 Å². The Bertz CT molecular complexity index is 1700. The molecule has 4 aromatic rings. The largest absolute Gasteiger partial charge is 0.416 e. The maximum Gasteiger partial charge on any atom is 0.416 e. The summed E-state index contributed by atoms with van der Waals surface area (Å²) in [5, 5.41) is 9.57. The number of anilines is 2. The Morgan fingerprint density at radius 3 is 2.30 bits per heavy atom. The van der Waals surface area contributed by atoms with E-state index in [0.717, 1.165) is 31.2 Å². The average Bonchev–Trinajstić information content (AvgIpc) is 3.36. The normalized spacial score (nSPS) is 17.2. The van der Waals surface area contributed by atoms with Crippen LogP contribution in [0.3, 0.4) is 0 Å². The van der Waals surface area contributed by atoms with Gasteiger partial charge in [-0.3, -0.25) is 19.3 Å². The number of hydrogen-bond donors (Lipinski definition) is 2. The fraction of sp³-hybridized carbons (Fsp3) is 0.226. The highest BCUT2D eigenvalue weighted by molar-refractivity contribution is 6.07. The van der Waals surface area contributed by atoms with Gasteiger partial charge < -0.3 is 10.6 Å². The zero-order valence-corrected chi connectivity index (χ0v) is 23.4. The van der Waals surface area contributed by atoms with Gasteiger partial charge in [-0.1, -0.05) is 36.4 Å². The minimum Gasteiger partial charge on any atom is -0.339 e. The number of nitrogens with zero attached hydrogens (tertiary/aromatic N) is 3. The van der Waals surface area contributed by atoms with Crippen LogP contribution in [0.4, 0.5) is 33.6 Å². The Morgan fingerprint density at radius 2 is 1.68 bits per heavy atom. The number of hydrogen-bond acceptors (Lipinski definition) is 4. The van der Waals surface area contributed by atoms with Crippen LogP contribution in [0.25, 0.3) is 5.69 Å². The molecule has 3 amide bonds. The first-order valence-electron chi connectivity index (χ1n) is 13.6. The molecule has 0 radical (unpaired) electrons. The number of alkyl halides is 4. The summed E-state index contributed by atoms with van der Waals surface area (Å²) in [6.07, 6.45) is -6.64. The maximum absolute atomic E-state index is 14.2. The van der Waals surface area contributed by atoms with Gasteiger partial charge in [0.1, 0.15) is 17.7 Å². The third-order valence-electron chi connectivity index (χ3n) is 7.22. The van der Waals surface area contributed by atoms with E-state index in [2.05, 4.69) is 15.7 Å². The molecule has 1 aliphatic heterocycles. The van der Waals surface area contributed by atoms with Crippen molar-refractivity contribution in [2.24, 2.45) is 0 Å². The number of para-hydroxylation sites is 1. The molecule has 0 aliphatic carbocycles. The van der Waals surface area contributed by atoms with Crippen molar-refractivity contribution in [3.8, 4) is 5.69 Å². The molecule has 0 spiro atoms. The molecule has 0 fully saturated rings. The summed E-state index contributed by atoms with van der Waals surface area (Å²) in [5.74, 6) is -4.24. The number of aromatic nitrogens is 2. The van der Waals surface area contributed by atoms with E-state index in [0.29, 0.717) is 17.3 Å².